The van der Waals surface area contributed by atoms with E-state index in [1.165, 1.54) is 22.3 Å². The molecule has 3 aliphatic heterocycles. The van der Waals surface area contributed by atoms with E-state index in [1.807, 2.05) is 6.07 Å². The lowest BCUT2D eigenvalue weighted by Gasteiger charge is -2.46. The van der Waals surface area contributed by atoms with Crippen LogP contribution in [0.3, 0.4) is 0 Å². The van der Waals surface area contributed by atoms with Crippen molar-refractivity contribution >= 4 is 0 Å². The summed E-state index contributed by atoms with van der Waals surface area (Å²) in [5.41, 5.74) is 5.19. The SMILES string of the molecule is COc1ccc2c(c1OC)CN1CCc3cc4c(cc3C1C2CCCOc1ccc(O)cc1)OCO4. The van der Waals surface area contributed by atoms with Crippen LogP contribution in [0, 0.1) is 0 Å². The van der Waals surface area contributed by atoms with Gasteiger partial charge < -0.3 is 28.8 Å². The molecule has 0 amide bonds. The maximum absolute atomic E-state index is 9.52. The van der Waals surface area contributed by atoms with E-state index in [-0.39, 0.29) is 24.5 Å². The van der Waals surface area contributed by atoms with Gasteiger partial charge in [0.2, 0.25) is 6.79 Å². The highest BCUT2D eigenvalue weighted by Gasteiger charge is 2.41. The van der Waals surface area contributed by atoms with E-state index in [4.69, 9.17) is 23.7 Å². The van der Waals surface area contributed by atoms with Gasteiger partial charge in [-0.25, -0.2) is 0 Å². The van der Waals surface area contributed by atoms with E-state index in [2.05, 4.69) is 23.1 Å². The molecule has 0 spiro atoms. The van der Waals surface area contributed by atoms with Gasteiger partial charge >= 0.3 is 0 Å². The van der Waals surface area contributed by atoms with Gasteiger partial charge in [-0.1, -0.05) is 6.07 Å². The first-order valence-corrected chi connectivity index (χ1v) is 12.5. The number of rotatable bonds is 7. The first kappa shape index (κ1) is 22.9. The molecule has 2 atom stereocenters. The highest BCUT2D eigenvalue weighted by atomic mass is 16.7. The lowest BCUT2D eigenvalue weighted by Crippen LogP contribution is -2.42. The maximum Gasteiger partial charge on any atom is 0.231 e. The predicted molar refractivity (Wildman–Crippen MR) is 135 cm³/mol. The Balaban J connectivity index is 1.33. The number of phenolic OH excluding ortho intramolecular Hbond substituents is 1. The van der Waals surface area contributed by atoms with Crippen LogP contribution in [0.25, 0.3) is 0 Å². The van der Waals surface area contributed by atoms with Gasteiger partial charge in [-0.05, 0) is 78.4 Å². The highest BCUT2D eigenvalue weighted by molar-refractivity contribution is 5.56. The fourth-order valence-electron chi connectivity index (χ4n) is 5.98. The molecule has 0 fully saturated rings. The van der Waals surface area contributed by atoms with Crippen LogP contribution in [0.1, 0.15) is 47.1 Å². The van der Waals surface area contributed by atoms with E-state index in [0.29, 0.717) is 6.61 Å². The Labute approximate surface area is 211 Å². The van der Waals surface area contributed by atoms with Crippen LogP contribution in [0.5, 0.6) is 34.5 Å². The van der Waals surface area contributed by atoms with E-state index < -0.39 is 0 Å². The Morgan fingerprint density at radius 2 is 1.78 bits per heavy atom. The Kier molecular flexibility index (Phi) is 6.01. The Morgan fingerprint density at radius 3 is 2.56 bits per heavy atom. The minimum absolute atomic E-state index is 0.238. The molecule has 3 aromatic rings. The second-order valence-corrected chi connectivity index (χ2v) is 9.53. The minimum atomic E-state index is 0.238. The quantitative estimate of drug-likeness (QED) is 0.458. The van der Waals surface area contributed by atoms with Gasteiger partial charge in [0.1, 0.15) is 11.5 Å². The summed E-state index contributed by atoms with van der Waals surface area (Å²) < 4.78 is 28.9. The highest BCUT2D eigenvalue weighted by Crippen LogP contribution is 2.53. The Hall–Kier alpha value is -3.58. The van der Waals surface area contributed by atoms with Crippen molar-refractivity contribution in [2.24, 2.45) is 0 Å². The molecular formula is C29H31NO6. The fraction of sp³-hybridized carbons (Fsp3) is 0.379. The van der Waals surface area contributed by atoms with Crippen molar-refractivity contribution < 1.29 is 28.8 Å². The summed E-state index contributed by atoms with van der Waals surface area (Å²) in [6.07, 6.45) is 2.82. The molecule has 7 nitrogen and oxygen atoms in total. The zero-order valence-corrected chi connectivity index (χ0v) is 20.7. The van der Waals surface area contributed by atoms with Gasteiger partial charge in [-0.3, -0.25) is 4.90 Å². The van der Waals surface area contributed by atoms with Gasteiger partial charge in [-0.2, -0.15) is 0 Å². The third-order valence-electron chi connectivity index (χ3n) is 7.61. The fourth-order valence-corrected chi connectivity index (χ4v) is 5.98. The van der Waals surface area contributed by atoms with Crippen molar-refractivity contribution in [2.75, 3.05) is 34.2 Å². The molecule has 3 aromatic carbocycles. The molecule has 0 aliphatic carbocycles. The van der Waals surface area contributed by atoms with Crippen molar-refractivity contribution in [3.63, 3.8) is 0 Å². The van der Waals surface area contributed by atoms with Crippen molar-refractivity contribution in [3.8, 4) is 34.5 Å². The number of ether oxygens (including phenoxy) is 5. The maximum atomic E-state index is 9.52. The van der Waals surface area contributed by atoms with Crippen LogP contribution in [0.2, 0.25) is 0 Å². The largest absolute Gasteiger partial charge is 0.508 e. The monoisotopic (exact) mass is 489 g/mol. The first-order valence-electron chi connectivity index (χ1n) is 12.5. The number of phenols is 1. The molecule has 2 unspecified atom stereocenters. The van der Waals surface area contributed by atoms with Crippen molar-refractivity contribution in [1.29, 1.82) is 0 Å². The molecule has 0 bridgehead atoms. The first-order chi connectivity index (χ1) is 17.7. The lowest BCUT2D eigenvalue weighted by atomic mass is 9.74. The number of hydrogen-bond donors (Lipinski definition) is 1. The van der Waals surface area contributed by atoms with Crippen molar-refractivity contribution in [2.45, 2.75) is 37.8 Å². The molecule has 1 N–H and O–H groups in total. The van der Waals surface area contributed by atoms with Gasteiger partial charge in [0.15, 0.2) is 23.0 Å². The van der Waals surface area contributed by atoms with Gasteiger partial charge in [0, 0.05) is 30.6 Å². The average molecular weight is 490 g/mol. The van der Waals surface area contributed by atoms with Gasteiger partial charge in [-0.15, -0.1) is 0 Å². The van der Waals surface area contributed by atoms with Crippen LogP contribution in [-0.4, -0.2) is 44.2 Å². The van der Waals surface area contributed by atoms with Gasteiger partial charge in [0.05, 0.1) is 20.8 Å². The normalized spacial score (nSPS) is 19.7. The van der Waals surface area contributed by atoms with Crippen LogP contribution in [-0.2, 0) is 13.0 Å². The molecule has 0 saturated heterocycles. The third-order valence-corrected chi connectivity index (χ3v) is 7.61. The molecule has 6 rings (SSSR count). The lowest BCUT2D eigenvalue weighted by molar-refractivity contribution is 0.124. The second-order valence-electron chi connectivity index (χ2n) is 9.53. The Morgan fingerprint density at radius 1 is 0.972 bits per heavy atom. The van der Waals surface area contributed by atoms with Crippen molar-refractivity contribution in [1.82, 2.24) is 4.90 Å². The molecule has 36 heavy (non-hydrogen) atoms. The molecule has 0 saturated carbocycles. The zero-order chi connectivity index (χ0) is 24.6. The number of nitrogens with zero attached hydrogens (tertiary/aromatic N) is 1. The van der Waals surface area contributed by atoms with Crippen LogP contribution in [0.4, 0.5) is 0 Å². The molecular weight excluding hydrogens is 458 g/mol. The minimum Gasteiger partial charge on any atom is -0.508 e. The molecule has 188 valence electrons. The summed E-state index contributed by atoms with van der Waals surface area (Å²) in [6, 6.07) is 15.7. The average Bonchev–Trinajstić information content (AvgIpc) is 3.36. The van der Waals surface area contributed by atoms with E-state index in [0.717, 1.165) is 61.1 Å². The second kappa shape index (κ2) is 9.47. The molecule has 3 aliphatic rings. The smallest absolute Gasteiger partial charge is 0.231 e. The zero-order valence-electron chi connectivity index (χ0n) is 20.7. The van der Waals surface area contributed by atoms with Crippen LogP contribution < -0.4 is 23.7 Å². The summed E-state index contributed by atoms with van der Waals surface area (Å²) in [5.74, 6) is 4.55. The number of fused-ring (bicyclic) bond motifs is 5. The molecule has 3 heterocycles. The molecule has 0 aromatic heterocycles. The summed E-state index contributed by atoms with van der Waals surface area (Å²) in [5, 5.41) is 9.52. The number of hydrogen-bond acceptors (Lipinski definition) is 7. The summed E-state index contributed by atoms with van der Waals surface area (Å²) in [6.45, 7) is 2.67. The van der Waals surface area contributed by atoms with E-state index in [9.17, 15) is 5.11 Å². The Bertz CT molecular complexity index is 1260. The number of aromatic hydroxyl groups is 1. The van der Waals surface area contributed by atoms with E-state index >= 15 is 0 Å². The molecule has 0 radical (unpaired) electrons. The van der Waals surface area contributed by atoms with Crippen LogP contribution >= 0.6 is 0 Å². The number of benzene rings is 3. The standard InChI is InChI=1S/C29H31NO6/c1-32-25-10-9-21-22(4-3-13-34-20-7-5-19(31)6-8-20)28-23-15-27-26(35-17-36-27)14-18(23)11-12-30(28)16-24(21)29(25)33-2/h5-10,14-15,22,28,31H,3-4,11-13,16-17H2,1-2H3. The van der Waals surface area contributed by atoms with E-state index in [1.54, 1.807) is 38.5 Å². The van der Waals surface area contributed by atoms with Crippen molar-refractivity contribution in [3.05, 3.63) is 70.8 Å². The third kappa shape index (κ3) is 3.97. The summed E-state index contributed by atoms with van der Waals surface area (Å²) in [7, 11) is 3.41. The van der Waals surface area contributed by atoms with Crippen LogP contribution in [0.15, 0.2) is 48.5 Å². The summed E-state index contributed by atoms with van der Waals surface area (Å²) in [4.78, 5) is 2.57. The topological polar surface area (TPSA) is 69.6 Å². The predicted octanol–water partition coefficient (Wildman–Crippen LogP) is 5.19. The molecule has 7 heteroatoms. The summed E-state index contributed by atoms with van der Waals surface area (Å²) >= 11 is 0. The number of methoxy groups -OCH3 is 2. The van der Waals surface area contributed by atoms with Gasteiger partial charge in [0.25, 0.3) is 0 Å².